The fraction of sp³-hybridized carbons (Fsp3) is 0.304. The summed E-state index contributed by atoms with van der Waals surface area (Å²) in [4.78, 5) is 2.39. The van der Waals surface area contributed by atoms with Crippen molar-refractivity contribution in [3.05, 3.63) is 77.6 Å². The molecule has 1 fully saturated rings. The van der Waals surface area contributed by atoms with Gasteiger partial charge in [-0.1, -0.05) is 24.3 Å². The van der Waals surface area contributed by atoms with E-state index in [0.29, 0.717) is 18.1 Å². The highest BCUT2D eigenvalue weighted by Gasteiger charge is 2.17. The third-order valence-corrected chi connectivity index (χ3v) is 5.33. The molecule has 0 amide bonds. The van der Waals surface area contributed by atoms with Crippen LogP contribution in [0.1, 0.15) is 24.0 Å². The van der Waals surface area contributed by atoms with Gasteiger partial charge < -0.3 is 10.4 Å². The van der Waals surface area contributed by atoms with Crippen molar-refractivity contribution in [3.63, 3.8) is 0 Å². The number of aliphatic hydroxyl groups excluding tert-OH is 1. The van der Waals surface area contributed by atoms with Gasteiger partial charge >= 0.3 is 0 Å². The number of likely N-dealkylation sites (tertiary alicyclic amines) is 1. The Balaban J connectivity index is 1.38. The first-order valence-corrected chi connectivity index (χ1v) is 9.98. The summed E-state index contributed by atoms with van der Waals surface area (Å²) in [6, 6.07) is 18.4. The Labute approximate surface area is 170 Å². The zero-order chi connectivity index (χ0) is 20.1. The van der Waals surface area contributed by atoms with Crippen molar-refractivity contribution in [1.82, 2.24) is 15.1 Å². The van der Waals surface area contributed by atoms with Crippen molar-refractivity contribution in [2.45, 2.75) is 32.0 Å². The zero-order valence-corrected chi connectivity index (χ0v) is 16.3. The molecule has 0 saturated carbocycles. The summed E-state index contributed by atoms with van der Waals surface area (Å²) in [6.07, 6.45) is 1.53. The number of piperidine rings is 1. The molecule has 29 heavy (non-hydrogen) atoms. The van der Waals surface area contributed by atoms with E-state index in [1.165, 1.54) is 23.3 Å². The minimum Gasteiger partial charge on any atom is -0.393 e. The number of aliphatic hydroxyl groups is 1. The molecule has 0 radical (unpaired) electrons. The highest BCUT2D eigenvalue weighted by molar-refractivity contribution is 5.59. The Kier molecular flexibility index (Phi) is 6.12. The molecule has 3 aromatic rings. The molecule has 2 aromatic carbocycles. The molecule has 0 aliphatic carbocycles. The van der Waals surface area contributed by atoms with Gasteiger partial charge in [0.15, 0.2) is 0 Å². The van der Waals surface area contributed by atoms with Crippen LogP contribution >= 0.6 is 0 Å². The van der Waals surface area contributed by atoms with Crippen LogP contribution in [0.3, 0.4) is 0 Å². The smallest absolute Gasteiger partial charge is 0.148 e. The lowest BCUT2D eigenvalue weighted by atomic mass is 10.0. The standard InChI is InChI=1S/C23H25FN4O/c24-20-7-5-17(6-8-20)22-9-10-23(27-26-22)25-15-18-3-1-2-4-19(18)16-28-13-11-21(29)12-14-28/h1-10,21,29H,11-16H2,(H,25,27). The fourth-order valence-electron chi connectivity index (χ4n) is 3.59. The molecule has 1 aromatic heterocycles. The molecule has 150 valence electrons. The number of halogens is 1. The van der Waals surface area contributed by atoms with Gasteiger partial charge in [0.25, 0.3) is 0 Å². The molecule has 0 unspecified atom stereocenters. The summed E-state index contributed by atoms with van der Waals surface area (Å²) >= 11 is 0. The first kappa shape index (κ1) is 19.5. The predicted octanol–water partition coefficient (Wildman–Crippen LogP) is 3.85. The van der Waals surface area contributed by atoms with Crippen LogP contribution in [0.5, 0.6) is 0 Å². The van der Waals surface area contributed by atoms with Crippen LogP contribution in [-0.4, -0.2) is 39.4 Å². The number of nitrogens with one attached hydrogen (secondary N) is 1. The summed E-state index contributed by atoms with van der Waals surface area (Å²) in [5.74, 6) is 0.436. The summed E-state index contributed by atoms with van der Waals surface area (Å²) in [5, 5.41) is 21.5. The van der Waals surface area contributed by atoms with E-state index in [2.05, 4.69) is 38.6 Å². The van der Waals surface area contributed by atoms with Crippen LogP contribution in [0.15, 0.2) is 60.7 Å². The van der Waals surface area contributed by atoms with Gasteiger partial charge in [-0.25, -0.2) is 4.39 Å². The molecule has 0 atom stereocenters. The zero-order valence-electron chi connectivity index (χ0n) is 16.3. The highest BCUT2D eigenvalue weighted by atomic mass is 19.1. The third-order valence-electron chi connectivity index (χ3n) is 5.33. The number of anilines is 1. The average molecular weight is 392 g/mol. The predicted molar refractivity (Wildman–Crippen MR) is 112 cm³/mol. The lowest BCUT2D eigenvalue weighted by Crippen LogP contribution is -2.35. The second-order valence-corrected chi connectivity index (χ2v) is 7.44. The summed E-state index contributed by atoms with van der Waals surface area (Å²) in [6.45, 7) is 3.41. The molecule has 6 heteroatoms. The Bertz CT molecular complexity index is 922. The van der Waals surface area contributed by atoms with E-state index < -0.39 is 0 Å². The number of hydrogen-bond donors (Lipinski definition) is 2. The van der Waals surface area contributed by atoms with E-state index in [1.807, 2.05) is 18.2 Å². The number of nitrogens with zero attached hydrogens (tertiary/aromatic N) is 3. The van der Waals surface area contributed by atoms with E-state index in [1.54, 1.807) is 12.1 Å². The second-order valence-electron chi connectivity index (χ2n) is 7.44. The van der Waals surface area contributed by atoms with Crippen LogP contribution in [0, 0.1) is 5.82 Å². The van der Waals surface area contributed by atoms with Crippen molar-refractivity contribution in [2.75, 3.05) is 18.4 Å². The Morgan fingerprint density at radius 1 is 0.931 bits per heavy atom. The number of hydrogen-bond acceptors (Lipinski definition) is 5. The quantitative estimate of drug-likeness (QED) is 0.667. The van der Waals surface area contributed by atoms with Crippen LogP contribution in [-0.2, 0) is 13.1 Å². The molecule has 0 bridgehead atoms. The molecule has 1 aliphatic heterocycles. The van der Waals surface area contributed by atoms with Crippen LogP contribution < -0.4 is 5.32 Å². The van der Waals surface area contributed by atoms with E-state index in [-0.39, 0.29) is 11.9 Å². The van der Waals surface area contributed by atoms with Crippen molar-refractivity contribution in [3.8, 4) is 11.3 Å². The first-order chi connectivity index (χ1) is 14.2. The molecule has 0 spiro atoms. The van der Waals surface area contributed by atoms with Crippen molar-refractivity contribution < 1.29 is 9.50 Å². The maximum absolute atomic E-state index is 13.1. The van der Waals surface area contributed by atoms with Gasteiger partial charge in [-0.3, -0.25) is 4.90 Å². The Hall–Kier alpha value is -2.83. The Morgan fingerprint density at radius 3 is 2.34 bits per heavy atom. The van der Waals surface area contributed by atoms with Crippen LogP contribution in [0.4, 0.5) is 10.2 Å². The van der Waals surface area contributed by atoms with E-state index in [9.17, 15) is 9.50 Å². The normalized spacial score (nSPS) is 15.4. The summed E-state index contributed by atoms with van der Waals surface area (Å²) < 4.78 is 13.1. The summed E-state index contributed by atoms with van der Waals surface area (Å²) in [7, 11) is 0. The van der Waals surface area contributed by atoms with Crippen molar-refractivity contribution in [1.29, 1.82) is 0 Å². The largest absolute Gasteiger partial charge is 0.393 e. The van der Waals surface area contributed by atoms with Crippen molar-refractivity contribution >= 4 is 5.82 Å². The SMILES string of the molecule is OC1CCN(Cc2ccccc2CNc2ccc(-c3ccc(F)cc3)nn2)CC1. The average Bonchev–Trinajstić information content (AvgIpc) is 2.76. The monoisotopic (exact) mass is 392 g/mol. The van der Waals surface area contributed by atoms with E-state index >= 15 is 0 Å². The van der Waals surface area contributed by atoms with Gasteiger partial charge in [-0.15, -0.1) is 10.2 Å². The minimum atomic E-state index is -0.264. The highest BCUT2D eigenvalue weighted by Crippen LogP contribution is 2.19. The second kappa shape index (κ2) is 9.11. The lowest BCUT2D eigenvalue weighted by Gasteiger charge is -2.30. The molecule has 2 N–H and O–H groups in total. The molecule has 4 rings (SSSR count). The Morgan fingerprint density at radius 2 is 1.66 bits per heavy atom. The first-order valence-electron chi connectivity index (χ1n) is 9.98. The molecular formula is C23H25FN4O. The van der Waals surface area contributed by atoms with Crippen LogP contribution in [0.25, 0.3) is 11.3 Å². The van der Waals surface area contributed by atoms with Gasteiger partial charge in [0, 0.05) is 31.7 Å². The number of rotatable bonds is 6. The van der Waals surface area contributed by atoms with Gasteiger partial charge in [0.1, 0.15) is 11.6 Å². The summed E-state index contributed by atoms with van der Waals surface area (Å²) in [5.41, 5.74) is 4.06. The number of aromatic nitrogens is 2. The third kappa shape index (κ3) is 5.16. The maximum atomic E-state index is 13.1. The maximum Gasteiger partial charge on any atom is 0.148 e. The molecule has 2 heterocycles. The van der Waals surface area contributed by atoms with Gasteiger partial charge in [-0.2, -0.15) is 0 Å². The van der Waals surface area contributed by atoms with Gasteiger partial charge in [-0.05, 0) is 60.4 Å². The fourth-order valence-corrected chi connectivity index (χ4v) is 3.59. The molecule has 1 aliphatic rings. The van der Waals surface area contributed by atoms with Crippen molar-refractivity contribution in [2.24, 2.45) is 0 Å². The van der Waals surface area contributed by atoms with Crippen LogP contribution in [0.2, 0.25) is 0 Å². The van der Waals surface area contributed by atoms with Gasteiger partial charge in [0.2, 0.25) is 0 Å². The molecule has 5 nitrogen and oxygen atoms in total. The topological polar surface area (TPSA) is 61.3 Å². The van der Waals surface area contributed by atoms with Gasteiger partial charge in [0.05, 0.1) is 11.8 Å². The number of benzene rings is 2. The minimum absolute atomic E-state index is 0.153. The molecule has 1 saturated heterocycles. The molecular weight excluding hydrogens is 367 g/mol. The van der Waals surface area contributed by atoms with E-state index in [4.69, 9.17) is 0 Å². The van der Waals surface area contributed by atoms with E-state index in [0.717, 1.165) is 38.0 Å². The lowest BCUT2D eigenvalue weighted by molar-refractivity contribution is 0.0791.